The summed E-state index contributed by atoms with van der Waals surface area (Å²) in [6.07, 6.45) is 7.94. The van der Waals surface area contributed by atoms with E-state index >= 15 is 0 Å². The van der Waals surface area contributed by atoms with Crippen molar-refractivity contribution in [3.8, 4) is 0 Å². The van der Waals surface area contributed by atoms with Gasteiger partial charge in [0.1, 0.15) is 0 Å². The van der Waals surface area contributed by atoms with Gasteiger partial charge in [-0.15, -0.1) is 0 Å². The third kappa shape index (κ3) is 3.51. The molecule has 0 atom stereocenters. The molecule has 128 valence electrons. The van der Waals surface area contributed by atoms with Gasteiger partial charge in [-0.3, -0.25) is 0 Å². The molecule has 2 aliphatic rings. The number of rotatable bonds is 2. The SMILES string of the molecule is CC1(C)CCCC(C)(C)[N]1[Ni][N]1C(C)(C)CCCC1(C)C. The Hall–Kier alpha value is 0.414. The molecule has 0 bridgehead atoms. The van der Waals surface area contributed by atoms with Crippen LogP contribution >= 0.6 is 0 Å². The number of hydrogen-bond acceptors (Lipinski definition) is 2. The van der Waals surface area contributed by atoms with E-state index in [2.05, 4.69) is 63.4 Å². The zero-order valence-corrected chi connectivity index (χ0v) is 16.4. The second-order valence-corrected chi connectivity index (χ2v) is 10.6. The summed E-state index contributed by atoms with van der Waals surface area (Å²) in [7, 11) is 0. The van der Waals surface area contributed by atoms with Crippen LogP contribution in [-0.4, -0.2) is 30.1 Å². The Kier molecular flexibility index (Phi) is 4.65. The number of piperidine rings is 2. The maximum absolute atomic E-state index is 2.73. The van der Waals surface area contributed by atoms with Crippen molar-refractivity contribution in [2.45, 2.75) is 116 Å². The van der Waals surface area contributed by atoms with Crippen LogP contribution < -0.4 is 0 Å². The predicted molar refractivity (Wildman–Crippen MR) is 87.7 cm³/mol. The van der Waals surface area contributed by atoms with Crippen LogP contribution in [0.3, 0.4) is 0 Å². The minimum absolute atomic E-state index is 0.283. The van der Waals surface area contributed by atoms with Crippen LogP contribution in [0.5, 0.6) is 0 Å². The van der Waals surface area contributed by atoms with Crippen molar-refractivity contribution in [1.29, 1.82) is 0 Å². The normalized spacial score (nSPS) is 32.2. The van der Waals surface area contributed by atoms with Crippen LogP contribution in [0.4, 0.5) is 0 Å². The summed E-state index contributed by atoms with van der Waals surface area (Å²) < 4.78 is 5.46. The number of nitrogens with zero attached hydrogens (tertiary/aromatic N) is 2. The Morgan fingerprint density at radius 2 is 0.762 bits per heavy atom. The predicted octanol–water partition coefficient (Wildman–Crippen LogP) is 4.99. The molecule has 0 aromatic carbocycles. The fourth-order valence-corrected chi connectivity index (χ4v) is 6.03. The van der Waals surface area contributed by atoms with Gasteiger partial charge in [-0.2, -0.15) is 0 Å². The van der Waals surface area contributed by atoms with E-state index < -0.39 is 0 Å². The fourth-order valence-electron chi connectivity index (χ4n) is 4.32. The van der Waals surface area contributed by atoms with Gasteiger partial charge in [0.25, 0.3) is 0 Å². The molecular formula is C18H36N2Ni. The van der Waals surface area contributed by atoms with E-state index in [-0.39, 0.29) is 22.2 Å². The summed E-state index contributed by atoms with van der Waals surface area (Å²) in [6, 6.07) is 0. The van der Waals surface area contributed by atoms with E-state index in [0.717, 1.165) is 0 Å². The average molecular weight is 339 g/mol. The molecule has 0 N–H and O–H groups in total. The third-order valence-corrected chi connectivity index (χ3v) is 8.04. The molecule has 0 aliphatic carbocycles. The van der Waals surface area contributed by atoms with E-state index in [4.69, 9.17) is 0 Å². The van der Waals surface area contributed by atoms with E-state index in [1.54, 1.807) is 14.9 Å². The maximum atomic E-state index is 2.73. The van der Waals surface area contributed by atoms with Crippen molar-refractivity contribution in [2.24, 2.45) is 0 Å². The van der Waals surface area contributed by atoms with Gasteiger partial charge >= 0.3 is 139 Å². The molecule has 2 heterocycles. The Morgan fingerprint density at radius 1 is 0.524 bits per heavy atom. The molecule has 2 nitrogen and oxygen atoms in total. The molecule has 2 saturated heterocycles. The van der Waals surface area contributed by atoms with Crippen LogP contribution in [0.15, 0.2) is 0 Å². The molecule has 2 aliphatic heterocycles. The summed E-state index contributed by atoms with van der Waals surface area (Å²) in [5.41, 5.74) is 1.13. The minimum atomic E-state index is 0.283. The Labute approximate surface area is 139 Å². The zero-order valence-electron chi connectivity index (χ0n) is 15.5. The second-order valence-electron chi connectivity index (χ2n) is 9.53. The quantitative estimate of drug-likeness (QED) is 0.655. The van der Waals surface area contributed by atoms with Gasteiger partial charge in [-0.25, -0.2) is 0 Å². The molecule has 0 aromatic rings. The summed E-state index contributed by atoms with van der Waals surface area (Å²) in [5.74, 6) is 0. The van der Waals surface area contributed by atoms with Crippen LogP contribution in [-0.2, 0) is 14.9 Å². The van der Waals surface area contributed by atoms with Gasteiger partial charge in [0, 0.05) is 0 Å². The molecule has 3 heteroatoms. The first-order valence-electron chi connectivity index (χ1n) is 8.59. The molecule has 0 spiro atoms. The third-order valence-electron chi connectivity index (χ3n) is 5.26. The molecule has 2 rings (SSSR count). The van der Waals surface area contributed by atoms with Crippen LogP contribution in [0, 0.1) is 0 Å². The van der Waals surface area contributed by atoms with Crippen LogP contribution in [0.2, 0.25) is 0 Å². The topological polar surface area (TPSA) is 6.48 Å². The van der Waals surface area contributed by atoms with Gasteiger partial charge in [0.2, 0.25) is 0 Å². The van der Waals surface area contributed by atoms with E-state index in [1.165, 1.54) is 38.5 Å². The monoisotopic (exact) mass is 338 g/mol. The zero-order chi connectivity index (χ0) is 16.1. The van der Waals surface area contributed by atoms with Gasteiger partial charge in [0.05, 0.1) is 0 Å². The summed E-state index contributed by atoms with van der Waals surface area (Å²) >= 11 is 1.80. The molecular weight excluding hydrogens is 303 g/mol. The molecule has 0 amide bonds. The molecule has 0 radical (unpaired) electrons. The summed E-state index contributed by atoms with van der Waals surface area (Å²) in [5, 5.41) is 0. The van der Waals surface area contributed by atoms with Crippen molar-refractivity contribution < 1.29 is 14.9 Å². The standard InChI is InChI=1S/2C9H18N.Ni/c2*1-8(2)6-5-7-9(3,4)10-8;/h2*5-7H2,1-4H3;/q2*-1;+2. The fraction of sp³-hybridized carbons (Fsp3) is 1.00. The van der Waals surface area contributed by atoms with Gasteiger partial charge in [-0.05, 0) is 0 Å². The Morgan fingerprint density at radius 3 is 1.00 bits per heavy atom. The van der Waals surface area contributed by atoms with Gasteiger partial charge < -0.3 is 0 Å². The van der Waals surface area contributed by atoms with Gasteiger partial charge in [-0.1, -0.05) is 0 Å². The molecule has 21 heavy (non-hydrogen) atoms. The van der Waals surface area contributed by atoms with E-state index in [0.29, 0.717) is 0 Å². The van der Waals surface area contributed by atoms with E-state index in [1.807, 2.05) is 0 Å². The average Bonchev–Trinajstić information content (AvgIpc) is 2.23. The van der Waals surface area contributed by atoms with Crippen molar-refractivity contribution in [3.05, 3.63) is 0 Å². The second kappa shape index (κ2) is 5.50. The summed E-state index contributed by atoms with van der Waals surface area (Å²) in [4.78, 5) is 0. The van der Waals surface area contributed by atoms with Gasteiger partial charge in [0.15, 0.2) is 0 Å². The van der Waals surface area contributed by atoms with E-state index in [9.17, 15) is 0 Å². The van der Waals surface area contributed by atoms with Crippen molar-refractivity contribution >= 4 is 0 Å². The van der Waals surface area contributed by atoms with Crippen molar-refractivity contribution in [1.82, 2.24) is 7.96 Å². The Balaban J connectivity index is 2.28. The number of hydrogen-bond donors (Lipinski definition) is 0. The molecule has 0 unspecified atom stereocenters. The summed E-state index contributed by atoms with van der Waals surface area (Å²) in [6.45, 7) is 19.4. The van der Waals surface area contributed by atoms with Crippen LogP contribution in [0.25, 0.3) is 0 Å². The van der Waals surface area contributed by atoms with Crippen molar-refractivity contribution in [3.63, 3.8) is 0 Å². The van der Waals surface area contributed by atoms with Crippen LogP contribution in [0.1, 0.15) is 93.9 Å². The first kappa shape index (κ1) is 17.8. The Bertz CT molecular complexity index is 317. The first-order chi connectivity index (χ1) is 9.39. The van der Waals surface area contributed by atoms with Crippen molar-refractivity contribution in [2.75, 3.05) is 0 Å². The molecule has 0 aromatic heterocycles. The molecule has 0 saturated carbocycles. The molecule has 2 fully saturated rings. The first-order valence-corrected chi connectivity index (χ1v) is 9.47.